The summed E-state index contributed by atoms with van der Waals surface area (Å²) in [7, 11) is 0. The van der Waals surface area contributed by atoms with Gasteiger partial charge >= 0.3 is 6.61 Å². The maximum atomic E-state index is 12.4. The summed E-state index contributed by atoms with van der Waals surface area (Å²) in [6.07, 6.45) is 2.16. The van der Waals surface area contributed by atoms with Gasteiger partial charge in [0.1, 0.15) is 5.75 Å². The zero-order chi connectivity index (χ0) is 22.7. The lowest BCUT2D eigenvalue weighted by atomic mass is 10.0. The Bertz CT molecular complexity index is 1150. The van der Waals surface area contributed by atoms with Crippen molar-refractivity contribution in [2.24, 2.45) is 0 Å². The van der Waals surface area contributed by atoms with E-state index in [1.165, 1.54) is 23.5 Å². The van der Waals surface area contributed by atoms with Gasteiger partial charge < -0.3 is 15.4 Å². The van der Waals surface area contributed by atoms with Crippen LogP contribution in [0.4, 0.5) is 19.6 Å². The number of amides is 2. The average Bonchev–Trinajstić information content (AvgIpc) is 3.28. The molecule has 32 heavy (non-hydrogen) atoms. The second kappa shape index (κ2) is 9.44. The number of halogens is 2. The fourth-order valence-electron chi connectivity index (χ4n) is 3.58. The Balaban J connectivity index is 1.30. The Morgan fingerprint density at radius 2 is 2.03 bits per heavy atom. The third-order valence-electron chi connectivity index (χ3n) is 5.06. The van der Waals surface area contributed by atoms with Gasteiger partial charge in [0, 0.05) is 22.5 Å². The number of nitrogens with zero attached hydrogens (tertiary/aromatic N) is 1. The molecule has 0 aliphatic carbocycles. The van der Waals surface area contributed by atoms with Gasteiger partial charge in [0.05, 0.1) is 12.1 Å². The van der Waals surface area contributed by atoms with Crippen molar-refractivity contribution in [2.75, 3.05) is 10.6 Å². The van der Waals surface area contributed by atoms with E-state index < -0.39 is 6.61 Å². The molecule has 1 aliphatic heterocycles. The van der Waals surface area contributed by atoms with Gasteiger partial charge in [-0.15, -0.1) is 11.3 Å². The number of hydrogen-bond donors (Lipinski definition) is 2. The highest BCUT2D eigenvalue weighted by Crippen LogP contribution is 2.32. The van der Waals surface area contributed by atoms with Crippen molar-refractivity contribution in [1.82, 2.24) is 4.98 Å². The van der Waals surface area contributed by atoms with E-state index >= 15 is 0 Å². The molecule has 0 spiro atoms. The second-order valence-electron chi connectivity index (χ2n) is 7.44. The molecule has 0 fully saturated rings. The van der Waals surface area contributed by atoms with Gasteiger partial charge in [-0.3, -0.25) is 9.59 Å². The molecule has 2 amide bonds. The number of anilines is 2. The Kier molecular flexibility index (Phi) is 6.45. The highest BCUT2D eigenvalue weighted by Gasteiger charge is 2.17. The molecule has 0 saturated heterocycles. The van der Waals surface area contributed by atoms with Crippen molar-refractivity contribution in [3.63, 3.8) is 0 Å². The van der Waals surface area contributed by atoms with Crippen LogP contribution < -0.4 is 15.4 Å². The van der Waals surface area contributed by atoms with Crippen LogP contribution in [0.3, 0.4) is 0 Å². The lowest BCUT2D eigenvalue weighted by Crippen LogP contribution is -2.11. The predicted molar refractivity (Wildman–Crippen MR) is 119 cm³/mol. The highest BCUT2D eigenvalue weighted by atomic mass is 32.1. The van der Waals surface area contributed by atoms with Crippen LogP contribution in [0.25, 0.3) is 11.3 Å². The lowest BCUT2D eigenvalue weighted by Gasteiger charge is -2.05. The number of aromatic nitrogens is 1. The van der Waals surface area contributed by atoms with Gasteiger partial charge in [-0.05, 0) is 61.2 Å². The summed E-state index contributed by atoms with van der Waals surface area (Å²) in [4.78, 5) is 29.2. The van der Waals surface area contributed by atoms with Crippen LogP contribution in [0.5, 0.6) is 5.75 Å². The molecule has 0 bridgehead atoms. The van der Waals surface area contributed by atoms with Crippen molar-refractivity contribution in [3.8, 4) is 17.0 Å². The first-order valence-electron chi connectivity index (χ1n) is 10.1. The van der Waals surface area contributed by atoms with Crippen LogP contribution in [0.2, 0.25) is 0 Å². The molecule has 0 saturated carbocycles. The fourth-order valence-corrected chi connectivity index (χ4v) is 4.44. The van der Waals surface area contributed by atoms with Crippen LogP contribution in [0.15, 0.2) is 42.5 Å². The average molecular weight is 458 g/mol. The number of fused-ring (bicyclic) bond motifs is 1. The van der Waals surface area contributed by atoms with Gasteiger partial charge in [0.2, 0.25) is 11.8 Å². The van der Waals surface area contributed by atoms with E-state index in [9.17, 15) is 18.4 Å². The summed E-state index contributed by atoms with van der Waals surface area (Å²) in [5.74, 6) is -0.0348. The SMILES string of the molecule is Cc1sc(NC(=O)CCCc2ccc3c(c2)CC(=O)N3)nc1-c1ccc(OC(F)F)cc1. The van der Waals surface area contributed by atoms with Gasteiger partial charge in [0.15, 0.2) is 5.13 Å². The maximum Gasteiger partial charge on any atom is 0.387 e. The van der Waals surface area contributed by atoms with Crippen molar-refractivity contribution in [2.45, 2.75) is 39.2 Å². The summed E-state index contributed by atoms with van der Waals surface area (Å²) in [5, 5.41) is 6.14. The quantitative estimate of drug-likeness (QED) is 0.489. The number of benzene rings is 2. The van der Waals surface area contributed by atoms with Crippen molar-refractivity contribution in [3.05, 3.63) is 58.5 Å². The molecule has 0 atom stereocenters. The Labute approximate surface area is 187 Å². The topological polar surface area (TPSA) is 80.3 Å². The van der Waals surface area contributed by atoms with Gasteiger partial charge in [-0.25, -0.2) is 4.98 Å². The molecular weight excluding hydrogens is 436 g/mol. The molecule has 3 aromatic rings. The smallest absolute Gasteiger partial charge is 0.387 e. The summed E-state index contributed by atoms with van der Waals surface area (Å²) >= 11 is 1.36. The molecule has 2 N–H and O–H groups in total. The van der Waals surface area contributed by atoms with Crippen LogP contribution in [-0.4, -0.2) is 23.4 Å². The van der Waals surface area contributed by atoms with E-state index in [4.69, 9.17) is 0 Å². The molecule has 1 aliphatic rings. The van der Waals surface area contributed by atoms with E-state index in [0.29, 0.717) is 30.1 Å². The first-order valence-corrected chi connectivity index (χ1v) is 10.9. The number of nitrogens with one attached hydrogen (secondary N) is 2. The van der Waals surface area contributed by atoms with Crippen LogP contribution in [-0.2, 0) is 22.4 Å². The first-order chi connectivity index (χ1) is 15.4. The Morgan fingerprint density at radius 1 is 1.25 bits per heavy atom. The minimum Gasteiger partial charge on any atom is -0.435 e. The fraction of sp³-hybridized carbons (Fsp3) is 0.261. The number of rotatable bonds is 8. The van der Waals surface area contributed by atoms with Crippen molar-refractivity contribution in [1.29, 1.82) is 0 Å². The van der Waals surface area contributed by atoms with E-state index in [1.54, 1.807) is 12.1 Å². The predicted octanol–water partition coefficient (Wildman–Crippen LogP) is 5.18. The molecule has 6 nitrogen and oxygen atoms in total. The molecule has 9 heteroatoms. The largest absolute Gasteiger partial charge is 0.435 e. The number of ether oxygens (including phenoxy) is 1. The van der Waals surface area contributed by atoms with Crippen molar-refractivity contribution < 1.29 is 23.1 Å². The molecule has 1 aromatic heterocycles. The number of carbonyl (C=O) groups is 2. The normalized spacial score (nSPS) is 12.6. The molecule has 166 valence electrons. The van der Waals surface area contributed by atoms with Crippen molar-refractivity contribution >= 4 is 34.0 Å². The van der Waals surface area contributed by atoms with E-state index in [-0.39, 0.29) is 17.6 Å². The van der Waals surface area contributed by atoms with Crippen LogP contribution >= 0.6 is 11.3 Å². The van der Waals surface area contributed by atoms with Gasteiger partial charge in [-0.1, -0.05) is 12.1 Å². The van der Waals surface area contributed by atoms with Crippen LogP contribution in [0, 0.1) is 6.92 Å². The molecule has 2 heterocycles. The highest BCUT2D eigenvalue weighted by molar-refractivity contribution is 7.16. The minimum atomic E-state index is -2.87. The third-order valence-corrected chi connectivity index (χ3v) is 5.95. The molecular formula is C23H21F2N3O3S. The first kappa shape index (κ1) is 21.9. The molecule has 2 aromatic carbocycles. The number of aryl methyl sites for hydroxylation is 2. The summed E-state index contributed by atoms with van der Waals surface area (Å²) in [5.41, 5.74) is 4.40. The minimum absolute atomic E-state index is 0.00655. The molecule has 0 unspecified atom stereocenters. The molecule has 0 radical (unpaired) electrons. The lowest BCUT2D eigenvalue weighted by molar-refractivity contribution is -0.116. The Hall–Kier alpha value is -3.33. The number of alkyl halides is 2. The zero-order valence-corrected chi connectivity index (χ0v) is 18.1. The number of carbonyl (C=O) groups excluding carboxylic acids is 2. The standard InChI is InChI=1S/C23H21F2N3O3S/c1-13-21(15-6-8-17(9-7-15)31-22(24)25)28-23(32-13)27-19(29)4-2-3-14-5-10-18-16(11-14)12-20(30)26-18/h5-11,22H,2-4,12H2,1H3,(H,26,30)(H,27,28,29). The molecule has 4 rings (SSSR count). The summed E-state index contributed by atoms with van der Waals surface area (Å²) < 4.78 is 29.0. The van der Waals surface area contributed by atoms with E-state index in [2.05, 4.69) is 20.4 Å². The van der Waals surface area contributed by atoms with Gasteiger partial charge in [-0.2, -0.15) is 8.78 Å². The monoisotopic (exact) mass is 457 g/mol. The number of thiazole rings is 1. The zero-order valence-electron chi connectivity index (χ0n) is 17.3. The second-order valence-corrected chi connectivity index (χ2v) is 8.65. The third kappa shape index (κ3) is 5.28. The van der Waals surface area contributed by atoms with Gasteiger partial charge in [0.25, 0.3) is 0 Å². The summed E-state index contributed by atoms with van der Waals surface area (Å²) in [6.45, 7) is -0.979. The maximum absolute atomic E-state index is 12.4. The summed E-state index contributed by atoms with van der Waals surface area (Å²) in [6, 6.07) is 12.1. The number of hydrogen-bond acceptors (Lipinski definition) is 5. The van der Waals surface area contributed by atoms with Crippen LogP contribution in [0.1, 0.15) is 28.8 Å². The van der Waals surface area contributed by atoms with E-state index in [1.807, 2.05) is 25.1 Å². The Morgan fingerprint density at radius 3 is 2.78 bits per heavy atom. The van der Waals surface area contributed by atoms with E-state index in [0.717, 1.165) is 33.7 Å².